The minimum atomic E-state index is -3.81. The molecule has 0 bridgehead atoms. The average Bonchev–Trinajstić information content (AvgIpc) is 3.60. The van der Waals surface area contributed by atoms with Gasteiger partial charge in [-0.25, -0.2) is 13.4 Å². The summed E-state index contributed by atoms with van der Waals surface area (Å²) in [6, 6.07) is 19.0. The Balaban J connectivity index is 1.44. The number of rotatable bonds is 6. The van der Waals surface area contributed by atoms with Crippen molar-refractivity contribution in [3.8, 4) is 0 Å². The van der Waals surface area contributed by atoms with Crippen LogP contribution in [-0.4, -0.2) is 25.0 Å². The van der Waals surface area contributed by atoms with E-state index in [0.717, 1.165) is 0 Å². The van der Waals surface area contributed by atoms with Crippen molar-refractivity contribution in [2.45, 2.75) is 17.4 Å². The van der Waals surface area contributed by atoms with Crippen molar-refractivity contribution in [2.75, 3.05) is 4.72 Å². The molecule has 0 radical (unpaired) electrons. The summed E-state index contributed by atoms with van der Waals surface area (Å²) in [5.41, 5.74) is 1.64. The van der Waals surface area contributed by atoms with Gasteiger partial charge in [-0.2, -0.15) is 5.10 Å². The highest BCUT2D eigenvalue weighted by atomic mass is 35.5. The van der Waals surface area contributed by atoms with Crippen LogP contribution in [0.1, 0.15) is 34.3 Å². The maximum Gasteiger partial charge on any atom is 0.310 e. The Morgan fingerprint density at radius 1 is 1.00 bits per heavy atom. The average molecular weight is 496 g/mol. The van der Waals surface area contributed by atoms with Crippen molar-refractivity contribution >= 4 is 38.9 Å². The van der Waals surface area contributed by atoms with Crippen LogP contribution in [0.15, 0.2) is 104 Å². The number of amides is 1. The third-order valence-electron chi connectivity index (χ3n) is 5.29. The van der Waals surface area contributed by atoms with E-state index in [9.17, 15) is 13.2 Å². The molecule has 1 atom stereocenters. The standard InChI is InChI=1S/C24H18ClN3O5S/c25-17-8-10-19(11-9-17)34(30,31)27-18-5-1-4-16(14-18)20-15-21(22-6-2-12-32-22)28(26-20)24(29)23-7-3-13-33-23/h1-14,21,27H,15H2. The summed E-state index contributed by atoms with van der Waals surface area (Å²) in [6.45, 7) is 0. The fraction of sp³-hybridized carbons (Fsp3) is 0.0833. The van der Waals surface area contributed by atoms with Crippen LogP contribution < -0.4 is 4.72 Å². The zero-order valence-electron chi connectivity index (χ0n) is 17.6. The van der Waals surface area contributed by atoms with E-state index in [1.165, 1.54) is 41.8 Å². The molecule has 172 valence electrons. The Kier molecular flexibility index (Phi) is 5.72. The van der Waals surface area contributed by atoms with Crippen LogP contribution in [0.5, 0.6) is 0 Å². The quantitative estimate of drug-likeness (QED) is 0.390. The number of anilines is 1. The van der Waals surface area contributed by atoms with Gasteiger partial charge in [0.1, 0.15) is 11.8 Å². The van der Waals surface area contributed by atoms with Crippen LogP contribution in [0.2, 0.25) is 5.02 Å². The summed E-state index contributed by atoms with van der Waals surface area (Å²) in [5.74, 6) is 0.338. The van der Waals surface area contributed by atoms with Crippen molar-refractivity contribution in [3.05, 3.63) is 107 Å². The van der Waals surface area contributed by atoms with Crippen LogP contribution in [0.3, 0.4) is 0 Å². The summed E-state index contributed by atoms with van der Waals surface area (Å²) in [6.07, 6.45) is 3.34. The van der Waals surface area contributed by atoms with Gasteiger partial charge in [0.25, 0.3) is 10.0 Å². The molecule has 1 aliphatic heterocycles. The molecule has 10 heteroatoms. The van der Waals surface area contributed by atoms with Gasteiger partial charge in [-0.1, -0.05) is 23.7 Å². The second-order valence-electron chi connectivity index (χ2n) is 7.55. The van der Waals surface area contributed by atoms with Crippen LogP contribution in [0.25, 0.3) is 0 Å². The summed E-state index contributed by atoms with van der Waals surface area (Å²) in [5, 5.41) is 6.32. The van der Waals surface area contributed by atoms with Gasteiger partial charge in [-0.3, -0.25) is 9.52 Å². The summed E-state index contributed by atoms with van der Waals surface area (Å²) >= 11 is 5.86. The lowest BCUT2D eigenvalue weighted by Gasteiger charge is -2.18. The number of benzene rings is 2. The monoisotopic (exact) mass is 495 g/mol. The third kappa shape index (κ3) is 4.35. The van der Waals surface area contributed by atoms with Crippen LogP contribution in [0, 0.1) is 0 Å². The predicted octanol–water partition coefficient (Wildman–Crippen LogP) is 5.32. The van der Waals surface area contributed by atoms with Crippen LogP contribution in [-0.2, 0) is 10.0 Å². The molecule has 4 aromatic rings. The molecule has 8 nitrogen and oxygen atoms in total. The highest BCUT2D eigenvalue weighted by molar-refractivity contribution is 7.92. The zero-order valence-corrected chi connectivity index (χ0v) is 19.2. The van der Waals surface area contributed by atoms with Crippen LogP contribution >= 0.6 is 11.6 Å². The topological polar surface area (TPSA) is 105 Å². The molecule has 0 spiro atoms. The maximum absolute atomic E-state index is 13.0. The second kappa shape index (κ2) is 8.85. The van der Waals surface area contributed by atoms with Crippen molar-refractivity contribution in [3.63, 3.8) is 0 Å². The molecule has 0 fully saturated rings. The summed E-state index contributed by atoms with van der Waals surface area (Å²) < 4.78 is 38.9. The number of hydrogen-bond donors (Lipinski definition) is 1. The number of hydrazone groups is 1. The Morgan fingerprint density at radius 2 is 1.76 bits per heavy atom. The van der Waals surface area contributed by atoms with Gasteiger partial charge in [0.2, 0.25) is 0 Å². The van der Waals surface area contributed by atoms with E-state index in [1.54, 1.807) is 48.5 Å². The molecular formula is C24H18ClN3O5S. The normalized spacial score (nSPS) is 15.9. The van der Waals surface area contributed by atoms with Crippen molar-refractivity contribution in [1.82, 2.24) is 5.01 Å². The van der Waals surface area contributed by atoms with Crippen molar-refractivity contribution in [2.24, 2.45) is 5.10 Å². The first-order valence-corrected chi connectivity index (χ1v) is 12.1. The van der Waals surface area contributed by atoms with E-state index >= 15 is 0 Å². The van der Waals surface area contributed by atoms with Gasteiger partial charge in [0, 0.05) is 17.1 Å². The zero-order chi connectivity index (χ0) is 23.7. The molecule has 0 saturated carbocycles. The lowest BCUT2D eigenvalue weighted by molar-refractivity contribution is 0.0660. The number of sulfonamides is 1. The highest BCUT2D eigenvalue weighted by Crippen LogP contribution is 2.34. The molecule has 2 aromatic carbocycles. The maximum atomic E-state index is 13.0. The smallest absolute Gasteiger partial charge is 0.310 e. The van der Waals surface area contributed by atoms with Gasteiger partial charge < -0.3 is 8.83 Å². The number of carbonyl (C=O) groups is 1. The molecule has 2 aromatic heterocycles. The molecule has 3 heterocycles. The molecule has 34 heavy (non-hydrogen) atoms. The Hall–Kier alpha value is -3.82. The first-order valence-electron chi connectivity index (χ1n) is 10.3. The molecule has 1 aliphatic rings. The molecule has 0 saturated heterocycles. The number of nitrogens with zero attached hydrogens (tertiary/aromatic N) is 2. The van der Waals surface area contributed by atoms with E-state index in [0.29, 0.717) is 34.2 Å². The number of nitrogens with one attached hydrogen (secondary N) is 1. The highest BCUT2D eigenvalue weighted by Gasteiger charge is 2.36. The van der Waals surface area contributed by atoms with Gasteiger partial charge in [-0.05, 0) is 66.2 Å². The van der Waals surface area contributed by atoms with E-state index in [1.807, 2.05) is 0 Å². The van der Waals surface area contributed by atoms with Gasteiger partial charge in [-0.15, -0.1) is 0 Å². The fourth-order valence-electron chi connectivity index (χ4n) is 3.68. The molecular weight excluding hydrogens is 478 g/mol. The Bertz CT molecular complexity index is 1450. The Labute approximate surface area is 200 Å². The molecule has 1 N–H and O–H groups in total. The predicted molar refractivity (Wildman–Crippen MR) is 126 cm³/mol. The molecule has 1 unspecified atom stereocenters. The summed E-state index contributed by atoms with van der Waals surface area (Å²) in [4.78, 5) is 13.1. The fourth-order valence-corrected chi connectivity index (χ4v) is 4.85. The van der Waals surface area contributed by atoms with Crippen molar-refractivity contribution < 1.29 is 22.0 Å². The SMILES string of the molecule is O=C(c1ccco1)N1N=C(c2cccc(NS(=O)(=O)c3ccc(Cl)cc3)c2)CC1c1ccco1. The van der Waals surface area contributed by atoms with Crippen molar-refractivity contribution in [1.29, 1.82) is 0 Å². The van der Waals surface area contributed by atoms with Gasteiger partial charge in [0.15, 0.2) is 5.76 Å². The van der Waals surface area contributed by atoms with E-state index < -0.39 is 22.0 Å². The number of furan rings is 2. The lowest BCUT2D eigenvalue weighted by atomic mass is 10.0. The first-order chi connectivity index (χ1) is 16.4. The van der Waals surface area contributed by atoms with Gasteiger partial charge >= 0.3 is 5.91 Å². The van der Waals surface area contributed by atoms with Crippen LogP contribution in [0.4, 0.5) is 5.69 Å². The number of halogens is 1. The van der Waals surface area contributed by atoms with E-state index in [4.69, 9.17) is 20.4 Å². The molecule has 0 aliphatic carbocycles. The minimum Gasteiger partial charge on any atom is -0.467 e. The molecule has 1 amide bonds. The first kappa shape index (κ1) is 22.0. The number of hydrogen-bond acceptors (Lipinski definition) is 6. The van der Waals surface area contributed by atoms with E-state index in [-0.39, 0.29) is 10.7 Å². The van der Waals surface area contributed by atoms with E-state index in [2.05, 4.69) is 9.82 Å². The lowest BCUT2D eigenvalue weighted by Crippen LogP contribution is -2.26. The minimum absolute atomic E-state index is 0.0913. The second-order valence-corrected chi connectivity index (χ2v) is 9.67. The largest absolute Gasteiger partial charge is 0.467 e. The third-order valence-corrected chi connectivity index (χ3v) is 6.94. The number of carbonyl (C=O) groups excluding carboxylic acids is 1. The Morgan fingerprint density at radius 3 is 2.47 bits per heavy atom. The summed E-state index contributed by atoms with van der Waals surface area (Å²) in [7, 11) is -3.81. The van der Waals surface area contributed by atoms with Gasteiger partial charge in [0.05, 0.1) is 23.1 Å². The molecule has 5 rings (SSSR count).